The number of thiophene rings is 1. The molecule has 2 bridgehead atoms. The van der Waals surface area contributed by atoms with Crippen LogP contribution in [-0.4, -0.2) is 60.7 Å². The maximum atomic E-state index is 12.4. The number of nitrogens with zero attached hydrogens (tertiary/aromatic N) is 2. The number of pyridine rings is 1. The highest BCUT2D eigenvalue weighted by molar-refractivity contribution is 7.85. The first-order chi connectivity index (χ1) is 11.8. The van der Waals surface area contributed by atoms with E-state index in [0.717, 1.165) is 17.3 Å². The molecule has 5 rings (SSSR count). The Morgan fingerprint density at radius 3 is 2.56 bits per heavy atom. The number of carbonyl (C=O) groups excluding carboxylic acids is 1. The summed E-state index contributed by atoms with van der Waals surface area (Å²) in [7, 11) is -3.67. The first kappa shape index (κ1) is 18.2. The summed E-state index contributed by atoms with van der Waals surface area (Å²) in [6, 6.07) is 2.19. The van der Waals surface area contributed by atoms with Gasteiger partial charge in [0.25, 0.3) is 16.0 Å². The first-order valence-corrected chi connectivity index (χ1v) is 10.9. The van der Waals surface area contributed by atoms with Crippen molar-refractivity contribution in [2.24, 2.45) is 5.92 Å². The Kier molecular flexibility index (Phi) is 5.38. The quantitative estimate of drug-likeness (QED) is 0.765. The summed E-state index contributed by atoms with van der Waals surface area (Å²) in [5.74, 6) is 0.616. The second-order valence-corrected chi connectivity index (χ2v) is 8.73. The van der Waals surface area contributed by atoms with Crippen molar-refractivity contribution in [3.05, 3.63) is 28.7 Å². The number of nitrogens with one attached hydrogen (secondary N) is 1. The van der Waals surface area contributed by atoms with Crippen LogP contribution in [0, 0.1) is 5.92 Å². The van der Waals surface area contributed by atoms with Crippen molar-refractivity contribution in [3.8, 4) is 0 Å². The molecule has 0 radical (unpaired) electrons. The van der Waals surface area contributed by atoms with E-state index in [2.05, 4.69) is 26.0 Å². The molecular weight excluding hydrogens is 362 g/mol. The molecular formula is C16H21N3O4S2. The highest BCUT2D eigenvalue weighted by Gasteiger charge is 2.35. The van der Waals surface area contributed by atoms with Crippen molar-refractivity contribution in [1.29, 1.82) is 0 Å². The number of carbonyl (C=O) groups is 1. The van der Waals surface area contributed by atoms with Crippen molar-refractivity contribution in [1.82, 2.24) is 15.2 Å². The van der Waals surface area contributed by atoms with E-state index in [0.29, 0.717) is 23.9 Å². The Bertz CT molecular complexity index is 849. The fraction of sp³-hybridized carbons (Fsp3) is 0.500. The van der Waals surface area contributed by atoms with Gasteiger partial charge in [-0.05, 0) is 48.7 Å². The molecule has 2 aromatic heterocycles. The van der Waals surface area contributed by atoms with E-state index in [1.807, 2.05) is 6.07 Å². The molecule has 5 heterocycles. The second kappa shape index (κ2) is 7.36. The lowest BCUT2D eigenvalue weighted by Crippen LogP contribution is -2.57. The molecule has 2 aromatic rings. The Morgan fingerprint density at radius 2 is 1.96 bits per heavy atom. The van der Waals surface area contributed by atoms with Crippen molar-refractivity contribution < 1.29 is 17.8 Å². The molecule has 3 aliphatic heterocycles. The van der Waals surface area contributed by atoms with E-state index in [4.69, 9.17) is 4.55 Å². The predicted molar refractivity (Wildman–Crippen MR) is 97.5 cm³/mol. The van der Waals surface area contributed by atoms with Crippen LogP contribution in [0.15, 0.2) is 23.0 Å². The van der Waals surface area contributed by atoms with Crippen LogP contribution >= 0.6 is 11.3 Å². The molecule has 3 fully saturated rings. The Balaban J connectivity index is 0.000000324. The van der Waals surface area contributed by atoms with Gasteiger partial charge in [0.15, 0.2) is 0 Å². The lowest BCUT2D eigenvalue weighted by Gasteiger charge is -2.44. The third-order valence-corrected chi connectivity index (χ3v) is 5.34. The average molecular weight is 383 g/mol. The van der Waals surface area contributed by atoms with E-state index < -0.39 is 10.1 Å². The molecule has 1 amide bonds. The van der Waals surface area contributed by atoms with E-state index in [1.165, 1.54) is 25.9 Å². The Hall–Kier alpha value is -1.55. The molecule has 9 heteroatoms. The fourth-order valence-corrected chi connectivity index (χ4v) is 4.12. The van der Waals surface area contributed by atoms with Crippen LogP contribution in [0.2, 0.25) is 0 Å². The summed E-state index contributed by atoms with van der Waals surface area (Å²) >= 11 is 1.64. The summed E-state index contributed by atoms with van der Waals surface area (Å²) in [6.07, 6.45) is 4.92. The van der Waals surface area contributed by atoms with Crippen molar-refractivity contribution in [3.63, 3.8) is 0 Å². The average Bonchev–Trinajstić information content (AvgIpc) is 3.02. The van der Waals surface area contributed by atoms with E-state index in [-0.39, 0.29) is 5.91 Å². The number of amides is 1. The van der Waals surface area contributed by atoms with Gasteiger partial charge in [-0.15, -0.1) is 0 Å². The number of hydrogen-bond donors (Lipinski definition) is 2. The number of piperidine rings is 3. The molecule has 0 aromatic carbocycles. The third kappa shape index (κ3) is 4.97. The molecule has 2 N–H and O–H groups in total. The van der Waals surface area contributed by atoms with Crippen LogP contribution in [0.4, 0.5) is 0 Å². The highest BCUT2D eigenvalue weighted by Crippen LogP contribution is 2.27. The molecule has 0 unspecified atom stereocenters. The largest absolute Gasteiger partial charge is 0.346 e. The predicted octanol–water partition coefficient (Wildman–Crippen LogP) is 1.62. The first-order valence-electron chi connectivity index (χ1n) is 8.07. The SMILES string of the molecule is CS(=O)(=O)O.O=C(N[C@H]1CN2CCC1CC2)c1cc2cscc2cn1. The van der Waals surface area contributed by atoms with Gasteiger partial charge in [-0.25, -0.2) is 0 Å². The third-order valence-electron chi connectivity index (χ3n) is 4.56. The summed E-state index contributed by atoms with van der Waals surface area (Å²) < 4.78 is 25.9. The van der Waals surface area contributed by atoms with Crippen LogP contribution < -0.4 is 5.32 Å². The Morgan fingerprint density at radius 1 is 1.32 bits per heavy atom. The maximum absolute atomic E-state index is 12.4. The summed E-state index contributed by atoms with van der Waals surface area (Å²) in [5.41, 5.74) is 0.535. The zero-order chi connectivity index (χ0) is 18.0. The van der Waals surface area contributed by atoms with E-state index >= 15 is 0 Å². The lowest BCUT2D eigenvalue weighted by molar-refractivity contribution is 0.0618. The number of rotatable bonds is 2. The molecule has 1 atom stereocenters. The van der Waals surface area contributed by atoms with E-state index in [9.17, 15) is 13.2 Å². The van der Waals surface area contributed by atoms with Gasteiger partial charge in [-0.3, -0.25) is 14.3 Å². The molecule has 0 spiro atoms. The van der Waals surface area contributed by atoms with Gasteiger partial charge < -0.3 is 10.2 Å². The van der Waals surface area contributed by atoms with Crippen LogP contribution in [0.1, 0.15) is 23.3 Å². The molecule has 136 valence electrons. The van der Waals surface area contributed by atoms with Crippen molar-refractivity contribution in [2.45, 2.75) is 18.9 Å². The number of hydrogen-bond acceptors (Lipinski definition) is 6. The molecule has 25 heavy (non-hydrogen) atoms. The van der Waals surface area contributed by atoms with Crippen LogP contribution in [0.25, 0.3) is 10.8 Å². The number of aromatic nitrogens is 1. The summed E-state index contributed by atoms with van der Waals surface area (Å²) in [5, 5.41) is 9.50. The summed E-state index contributed by atoms with van der Waals surface area (Å²) in [4.78, 5) is 19.1. The van der Waals surface area contributed by atoms with E-state index in [1.54, 1.807) is 17.5 Å². The standard InChI is InChI=1S/C15H17N3OS.CH4O3S/c19-15(13-5-11-8-20-9-12(11)6-16-13)17-14-7-18-3-1-10(14)2-4-18;1-5(2,3)4/h5-6,8-10,14H,1-4,7H2,(H,17,19);1H3,(H,2,3,4)/t14-;/m0./s1. The Labute approximate surface area is 150 Å². The topological polar surface area (TPSA) is 99.6 Å². The zero-order valence-corrected chi connectivity index (χ0v) is 15.5. The fourth-order valence-electron chi connectivity index (χ4n) is 3.36. The smallest absolute Gasteiger partial charge is 0.270 e. The zero-order valence-electron chi connectivity index (χ0n) is 13.9. The highest BCUT2D eigenvalue weighted by atomic mass is 32.2. The molecule has 3 saturated heterocycles. The minimum absolute atomic E-state index is 0.0307. The van der Waals surface area contributed by atoms with Gasteiger partial charge in [-0.2, -0.15) is 19.8 Å². The van der Waals surface area contributed by atoms with Gasteiger partial charge in [0.1, 0.15) is 5.69 Å². The van der Waals surface area contributed by atoms with Gasteiger partial charge in [0.2, 0.25) is 0 Å². The second-order valence-electron chi connectivity index (χ2n) is 6.52. The van der Waals surface area contributed by atoms with Gasteiger partial charge in [0.05, 0.1) is 6.26 Å². The lowest BCUT2D eigenvalue weighted by atomic mass is 9.84. The van der Waals surface area contributed by atoms with Gasteiger partial charge in [0, 0.05) is 29.5 Å². The molecule has 7 nitrogen and oxygen atoms in total. The monoisotopic (exact) mass is 383 g/mol. The minimum atomic E-state index is -3.67. The normalized spacial score (nSPS) is 25.3. The van der Waals surface area contributed by atoms with Crippen LogP contribution in [0.3, 0.4) is 0 Å². The minimum Gasteiger partial charge on any atom is -0.346 e. The van der Waals surface area contributed by atoms with Crippen LogP contribution in [0.5, 0.6) is 0 Å². The molecule has 0 saturated carbocycles. The van der Waals surface area contributed by atoms with Crippen molar-refractivity contribution in [2.75, 3.05) is 25.9 Å². The number of fused-ring (bicyclic) bond motifs is 4. The van der Waals surface area contributed by atoms with Crippen LogP contribution in [-0.2, 0) is 10.1 Å². The van der Waals surface area contributed by atoms with Gasteiger partial charge >= 0.3 is 0 Å². The van der Waals surface area contributed by atoms with Gasteiger partial charge in [-0.1, -0.05) is 0 Å². The molecule has 3 aliphatic rings. The molecule has 0 aliphatic carbocycles. The maximum Gasteiger partial charge on any atom is 0.270 e. The summed E-state index contributed by atoms with van der Waals surface area (Å²) in [6.45, 7) is 3.38. The van der Waals surface area contributed by atoms with Crippen molar-refractivity contribution >= 4 is 38.1 Å².